The lowest BCUT2D eigenvalue weighted by atomic mass is 9.91. The molecule has 5 aromatic heterocycles. The lowest BCUT2D eigenvalue weighted by Gasteiger charge is -2.22. The molecule has 0 saturated carbocycles. The Kier molecular flexibility index (Phi) is 5.31. The molecular formula is C25H26N10O2. The van der Waals surface area contributed by atoms with Gasteiger partial charge >= 0.3 is 0 Å². The second-order valence-electron chi connectivity index (χ2n) is 10.0. The summed E-state index contributed by atoms with van der Waals surface area (Å²) in [7, 11) is 1.83. The fourth-order valence-corrected chi connectivity index (χ4v) is 4.59. The lowest BCUT2D eigenvalue weighted by Crippen LogP contribution is -2.22. The van der Waals surface area contributed by atoms with Crippen LogP contribution < -0.4 is 10.1 Å². The largest absolute Gasteiger partial charge is 0.450 e. The molecule has 0 spiro atoms. The van der Waals surface area contributed by atoms with Gasteiger partial charge in [0.25, 0.3) is 0 Å². The standard InChI is InChI=1S/C25H26N10O2/c1-25(2,3)20-9-21(32-35(20)15-5-8-36-14-15)30-24-31-23-22(33(24)4)16(10-26)18(12-28-23)37-19-13-29-34-7-6-27-11-17(19)34/h6-7,9,11-13,15H,5,8,14H2,1-4H3,(H,28,30,31,32)/t15-/m0/s1. The molecule has 1 aliphatic heterocycles. The molecule has 6 rings (SSSR count). The highest BCUT2D eigenvalue weighted by Gasteiger charge is 2.28. The molecule has 12 heteroatoms. The van der Waals surface area contributed by atoms with E-state index in [-0.39, 0.29) is 11.5 Å². The van der Waals surface area contributed by atoms with Gasteiger partial charge in [-0.3, -0.25) is 9.67 Å². The van der Waals surface area contributed by atoms with Gasteiger partial charge in [0.1, 0.15) is 22.7 Å². The summed E-state index contributed by atoms with van der Waals surface area (Å²) < 4.78 is 17.2. The second-order valence-corrected chi connectivity index (χ2v) is 10.0. The van der Waals surface area contributed by atoms with Crippen molar-refractivity contribution in [3.63, 3.8) is 0 Å². The van der Waals surface area contributed by atoms with Crippen molar-refractivity contribution in [3.8, 4) is 17.6 Å². The first-order valence-electron chi connectivity index (χ1n) is 12.0. The molecule has 6 heterocycles. The minimum absolute atomic E-state index is 0.0999. The summed E-state index contributed by atoms with van der Waals surface area (Å²) in [5, 5.41) is 22.5. The van der Waals surface area contributed by atoms with E-state index >= 15 is 0 Å². The van der Waals surface area contributed by atoms with Crippen molar-refractivity contribution in [2.24, 2.45) is 7.05 Å². The molecule has 188 valence electrons. The van der Waals surface area contributed by atoms with E-state index in [0.717, 1.165) is 18.7 Å². The molecule has 1 atom stereocenters. The van der Waals surface area contributed by atoms with E-state index in [1.54, 1.807) is 33.9 Å². The summed E-state index contributed by atoms with van der Waals surface area (Å²) in [6.45, 7) is 7.89. The van der Waals surface area contributed by atoms with Crippen molar-refractivity contribution in [1.29, 1.82) is 5.26 Å². The smallest absolute Gasteiger partial charge is 0.210 e. The number of nitriles is 1. The third kappa shape index (κ3) is 3.93. The number of hydrogen-bond acceptors (Lipinski definition) is 9. The van der Waals surface area contributed by atoms with Crippen LogP contribution in [0, 0.1) is 11.3 Å². The van der Waals surface area contributed by atoms with E-state index in [0.29, 0.717) is 52.1 Å². The summed E-state index contributed by atoms with van der Waals surface area (Å²) in [4.78, 5) is 13.2. The van der Waals surface area contributed by atoms with Gasteiger partial charge in [0.2, 0.25) is 5.95 Å². The van der Waals surface area contributed by atoms with Crippen LogP contribution in [0.15, 0.2) is 37.1 Å². The first-order chi connectivity index (χ1) is 17.8. The van der Waals surface area contributed by atoms with E-state index in [9.17, 15) is 5.26 Å². The highest BCUT2D eigenvalue weighted by Crippen LogP contribution is 2.34. The number of rotatable bonds is 5. The van der Waals surface area contributed by atoms with Gasteiger partial charge in [-0.05, 0) is 6.42 Å². The Morgan fingerprint density at radius 2 is 2.08 bits per heavy atom. The van der Waals surface area contributed by atoms with Crippen LogP contribution in [0.3, 0.4) is 0 Å². The third-order valence-corrected chi connectivity index (χ3v) is 6.48. The molecule has 0 amide bonds. The normalized spacial score (nSPS) is 15.9. The summed E-state index contributed by atoms with van der Waals surface area (Å²) >= 11 is 0. The van der Waals surface area contributed by atoms with Crippen LogP contribution in [-0.4, -0.2) is 52.1 Å². The highest BCUT2D eigenvalue weighted by atomic mass is 16.5. The van der Waals surface area contributed by atoms with Crippen LogP contribution in [0.2, 0.25) is 0 Å². The molecule has 1 saturated heterocycles. The number of anilines is 2. The number of ether oxygens (including phenoxy) is 2. The summed E-state index contributed by atoms with van der Waals surface area (Å²) in [5.41, 5.74) is 2.99. The minimum atomic E-state index is -0.0999. The fraction of sp³-hybridized carbons (Fsp3) is 0.360. The molecule has 0 aliphatic carbocycles. The number of fused-ring (bicyclic) bond motifs is 2. The lowest BCUT2D eigenvalue weighted by molar-refractivity contribution is 0.183. The maximum Gasteiger partial charge on any atom is 0.210 e. The molecule has 0 unspecified atom stereocenters. The Hall–Kier alpha value is -4.50. The quantitative estimate of drug-likeness (QED) is 0.383. The van der Waals surface area contributed by atoms with Crippen molar-refractivity contribution in [1.82, 2.24) is 38.9 Å². The molecule has 12 nitrogen and oxygen atoms in total. The Bertz CT molecular complexity index is 1660. The summed E-state index contributed by atoms with van der Waals surface area (Å²) in [6, 6.07) is 4.50. The molecule has 0 aromatic carbocycles. The maximum absolute atomic E-state index is 10.1. The third-order valence-electron chi connectivity index (χ3n) is 6.48. The van der Waals surface area contributed by atoms with Crippen LogP contribution in [0.1, 0.15) is 44.5 Å². The maximum atomic E-state index is 10.1. The van der Waals surface area contributed by atoms with Crippen molar-refractivity contribution in [2.45, 2.75) is 38.6 Å². The van der Waals surface area contributed by atoms with Gasteiger partial charge < -0.3 is 19.4 Å². The zero-order chi connectivity index (χ0) is 25.7. The monoisotopic (exact) mass is 498 g/mol. The molecule has 1 fully saturated rings. The number of nitrogens with one attached hydrogen (secondary N) is 1. The molecule has 5 aromatic rings. The van der Waals surface area contributed by atoms with Crippen molar-refractivity contribution in [2.75, 3.05) is 18.5 Å². The van der Waals surface area contributed by atoms with Crippen molar-refractivity contribution < 1.29 is 9.47 Å². The average molecular weight is 499 g/mol. The number of aromatic nitrogens is 8. The van der Waals surface area contributed by atoms with Gasteiger partial charge in [0.05, 0.1) is 31.2 Å². The predicted octanol–water partition coefficient (Wildman–Crippen LogP) is 3.87. The Labute approximate surface area is 212 Å². The van der Waals surface area contributed by atoms with Crippen LogP contribution in [0.5, 0.6) is 11.5 Å². The van der Waals surface area contributed by atoms with Crippen LogP contribution >= 0.6 is 0 Å². The van der Waals surface area contributed by atoms with E-state index in [2.05, 4.69) is 56.9 Å². The van der Waals surface area contributed by atoms with Gasteiger partial charge in [-0.2, -0.15) is 20.4 Å². The average Bonchev–Trinajstić information content (AvgIpc) is 3.66. The number of nitrogens with zero attached hydrogens (tertiary/aromatic N) is 9. The predicted molar refractivity (Wildman–Crippen MR) is 135 cm³/mol. The van der Waals surface area contributed by atoms with E-state index in [1.165, 1.54) is 6.20 Å². The number of hydrogen-bond donors (Lipinski definition) is 1. The summed E-state index contributed by atoms with van der Waals surface area (Å²) in [5.74, 6) is 1.97. The van der Waals surface area contributed by atoms with Crippen LogP contribution in [-0.2, 0) is 17.2 Å². The van der Waals surface area contributed by atoms with Gasteiger partial charge in [-0.15, -0.1) is 0 Å². The summed E-state index contributed by atoms with van der Waals surface area (Å²) in [6.07, 6.45) is 9.02. The molecule has 0 bridgehead atoms. The fourth-order valence-electron chi connectivity index (χ4n) is 4.59. The number of pyridine rings is 1. The topological polar surface area (TPSA) is 133 Å². The molecule has 1 aliphatic rings. The van der Waals surface area contributed by atoms with Crippen molar-refractivity contribution in [3.05, 3.63) is 48.3 Å². The van der Waals surface area contributed by atoms with Crippen LogP contribution in [0.4, 0.5) is 11.8 Å². The second kappa shape index (κ2) is 8.56. The van der Waals surface area contributed by atoms with E-state index < -0.39 is 0 Å². The number of aryl methyl sites for hydroxylation is 1. The molecule has 0 radical (unpaired) electrons. The Morgan fingerprint density at radius 3 is 2.84 bits per heavy atom. The van der Waals surface area contributed by atoms with Gasteiger partial charge in [0, 0.05) is 43.2 Å². The zero-order valence-corrected chi connectivity index (χ0v) is 21.0. The van der Waals surface area contributed by atoms with Gasteiger partial charge in [-0.25, -0.2) is 9.50 Å². The Balaban J connectivity index is 1.37. The van der Waals surface area contributed by atoms with Crippen molar-refractivity contribution >= 4 is 28.4 Å². The van der Waals surface area contributed by atoms with Gasteiger partial charge in [-0.1, -0.05) is 20.8 Å². The van der Waals surface area contributed by atoms with E-state index in [1.807, 2.05) is 13.1 Å². The SMILES string of the molecule is Cn1c(Nc2cc(C(C)(C)C)n([C@H]3CCOC3)n2)nc2ncc(Oc3cnn4ccncc34)c(C#N)c21. The first-order valence-corrected chi connectivity index (χ1v) is 12.0. The zero-order valence-electron chi connectivity index (χ0n) is 21.0. The molecule has 1 N–H and O–H groups in total. The van der Waals surface area contributed by atoms with Crippen LogP contribution in [0.25, 0.3) is 16.7 Å². The highest BCUT2D eigenvalue weighted by molar-refractivity contribution is 5.84. The van der Waals surface area contributed by atoms with Gasteiger partial charge in [0.15, 0.2) is 23.0 Å². The Morgan fingerprint density at radius 1 is 1.22 bits per heavy atom. The van der Waals surface area contributed by atoms with E-state index in [4.69, 9.17) is 14.6 Å². The minimum Gasteiger partial charge on any atom is -0.450 e. The molecular weight excluding hydrogens is 472 g/mol. The number of imidazole rings is 1. The molecule has 37 heavy (non-hydrogen) atoms. The first kappa shape index (κ1) is 22.9.